The maximum absolute atomic E-state index is 11.8. The van der Waals surface area contributed by atoms with Crippen LogP contribution in [0.1, 0.15) is 6.42 Å². The van der Waals surface area contributed by atoms with E-state index in [1.165, 1.54) is 0 Å². The number of nitrogens with zero attached hydrogens (tertiary/aromatic N) is 2. The molecule has 102 valence electrons. The van der Waals surface area contributed by atoms with E-state index in [1.807, 2.05) is 5.01 Å². The van der Waals surface area contributed by atoms with Crippen molar-refractivity contribution in [3.63, 3.8) is 0 Å². The molecule has 2 fully saturated rings. The molecule has 0 unspecified atom stereocenters. The second-order valence-electron chi connectivity index (χ2n) is 4.83. The third kappa shape index (κ3) is 3.66. The van der Waals surface area contributed by atoms with Crippen molar-refractivity contribution in [3.8, 4) is 0 Å². The van der Waals surface area contributed by atoms with Crippen molar-refractivity contribution in [1.82, 2.24) is 26.0 Å². The first kappa shape index (κ1) is 13.3. The second-order valence-corrected chi connectivity index (χ2v) is 4.83. The van der Waals surface area contributed by atoms with Crippen LogP contribution >= 0.6 is 0 Å². The van der Waals surface area contributed by atoms with E-state index in [0.717, 1.165) is 32.7 Å². The van der Waals surface area contributed by atoms with Gasteiger partial charge in [-0.05, 0) is 7.05 Å². The minimum atomic E-state index is -0.397. The molecule has 0 spiro atoms. The molecule has 0 aromatic carbocycles. The highest BCUT2D eigenvalue weighted by Gasteiger charge is 2.25. The van der Waals surface area contributed by atoms with E-state index in [1.54, 1.807) is 0 Å². The minimum absolute atomic E-state index is 0.0882. The van der Waals surface area contributed by atoms with Gasteiger partial charge < -0.3 is 15.5 Å². The zero-order valence-corrected chi connectivity index (χ0v) is 10.7. The Balaban J connectivity index is 1.73. The van der Waals surface area contributed by atoms with Crippen molar-refractivity contribution >= 4 is 11.8 Å². The SMILES string of the molecule is CN1CCN(NC(=O)C[C@@H]2NCCNC2=O)CC1. The fraction of sp³-hybridized carbons (Fsp3) is 0.818. The molecule has 1 atom stereocenters. The molecule has 0 aliphatic carbocycles. The van der Waals surface area contributed by atoms with Crippen LogP contribution in [-0.4, -0.2) is 74.1 Å². The number of carbonyl (C=O) groups is 2. The third-order valence-corrected chi connectivity index (χ3v) is 3.31. The van der Waals surface area contributed by atoms with E-state index >= 15 is 0 Å². The molecule has 2 aliphatic rings. The predicted molar refractivity (Wildman–Crippen MR) is 66.6 cm³/mol. The smallest absolute Gasteiger partial charge is 0.237 e. The lowest BCUT2D eigenvalue weighted by Gasteiger charge is -2.33. The number of rotatable bonds is 3. The summed E-state index contributed by atoms with van der Waals surface area (Å²) < 4.78 is 0. The van der Waals surface area contributed by atoms with Gasteiger partial charge in [0, 0.05) is 39.3 Å². The molecular weight excluding hydrogens is 234 g/mol. The Kier molecular flexibility index (Phi) is 4.51. The van der Waals surface area contributed by atoms with Crippen LogP contribution in [0.15, 0.2) is 0 Å². The first-order chi connectivity index (χ1) is 8.65. The van der Waals surface area contributed by atoms with Crippen LogP contribution in [0.5, 0.6) is 0 Å². The fourth-order valence-corrected chi connectivity index (χ4v) is 2.14. The quantitative estimate of drug-likeness (QED) is 0.531. The van der Waals surface area contributed by atoms with E-state index in [4.69, 9.17) is 0 Å². The number of amides is 2. The molecule has 7 heteroatoms. The molecule has 2 aliphatic heterocycles. The highest BCUT2D eigenvalue weighted by molar-refractivity contribution is 5.88. The summed E-state index contributed by atoms with van der Waals surface area (Å²) in [6, 6.07) is -0.397. The number of hydrogen-bond acceptors (Lipinski definition) is 5. The van der Waals surface area contributed by atoms with Crippen molar-refractivity contribution < 1.29 is 9.59 Å². The average Bonchev–Trinajstić information content (AvgIpc) is 2.35. The van der Waals surface area contributed by atoms with E-state index in [0.29, 0.717) is 6.54 Å². The third-order valence-electron chi connectivity index (χ3n) is 3.31. The lowest BCUT2D eigenvalue weighted by molar-refractivity contribution is -0.132. The Morgan fingerprint density at radius 1 is 1.33 bits per heavy atom. The van der Waals surface area contributed by atoms with Crippen LogP contribution in [0.25, 0.3) is 0 Å². The van der Waals surface area contributed by atoms with Crippen LogP contribution in [0.4, 0.5) is 0 Å². The van der Waals surface area contributed by atoms with Gasteiger partial charge >= 0.3 is 0 Å². The maximum Gasteiger partial charge on any atom is 0.237 e. The number of hydrazine groups is 1. The monoisotopic (exact) mass is 255 g/mol. The zero-order chi connectivity index (χ0) is 13.0. The highest BCUT2D eigenvalue weighted by atomic mass is 16.2. The van der Waals surface area contributed by atoms with Crippen molar-refractivity contribution in [2.24, 2.45) is 0 Å². The topological polar surface area (TPSA) is 76.7 Å². The second kappa shape index (κ2) is 6.12. The molecule has 7 nitrogen and oxygen atoms in total. The first-order valence-electron chi connectivity index (χ1n) is 6.39. The van der Waals surface area contributed by atoms with Crippen LogP contribution in [0.2, 0.25) is 0 Å². The van der Waals surface area contributed by atoms with Crippen molar-refractivity contribution in [2.45, 2.75) is 12.5 Å². The Bertz CT molecular complexity index is 315. The van der Waals surface area contributed by atoms with Gasteiger partial charge in [0.05, 0.1) is 12.5 Å². The van der Waals surface area contributed by atoms with E-state index in [9.17, 15) is 9.59 Å². The molecular formula is C11H21N5O2. The molecule has 2 rings (SSSR count). The Hall–Kier alpha value is -1.18. The van der Waals surface area contributed by atoms with Crippen LogP contribution in [0, 0.1) is 0 Å². The summed E-state index contributed by atoms with van der Waals surface area (Å²) >= 11 is 0. The van der Waals surface area contributed by atoms with Gasteiger partial charge in [-0.1, -0.05) is 0 Å². The summed E-state index contributed by atoms with van der Waals surface area (Å²) in [5.41, 5.74) is 2.85. The van der Waals surface area contributed by atoms with Crippen molar-refractivity contribution in [1.29, 1.82) is 0 Å². The first-order valence-corrected chi connectivity index (χ1v) is 6.39. The molecule has 0 radical (unpaired) electrons. The number of hydrogen-bond donors (Lipinski definition) is 3. The molecule has 0 bridgehead atoms. The molecule has 3 N–H and O–H groups in total. The lowest BCUT2D eigenvalue weighted by Crippen LogP contribution is -2.57. The molecule has 0 saturated carbocycles. The number of piperazine rings is 2. The molecule has 0 aromatic rings. The Morgan fingerprint density at radius 3 is 2.72 bits per heavy atom. The number of nitrogens with one attached hydrogen (secondary N) is 3. The van der Waals surface area contributed by atoms with Gasteiger partial charge in [-0.25, -0.2) is 5.01 Å². The highest BCUT2D eigenvalue weighted by Crippen LogP contribution is 1.99. The van der Waals surface area contributed by atoms with Gasteiger partial charge in [-0.3, -0.25) is 15.0 Å². The van der Waals surface area contributed by atoms with Crippen molar-refractivity contribution in [2.75, 3.05) is 46.3 Å². The summed E-state index contributed by atoms with van der Waals surface area (Å²) in [5, 5.41) is 7.71. The van der Waals surface area contributed by atoms with Gasteiger partial charge in [-0.15, -0.1) is 0 Å². The Morgan fingerprint density at radius 2 is 2.06 bits per heavy atom. The van der Waals surface area contributed by atoms with Crippen LogP contribution in [-0.2, 0) is 9.59 Å². The van der Waals surface area contributed by atoms with E-state index in [-0.39, 0.29) is 18.2 Å². The Labute approximate surface area is 107 Å². The summed E-state index contributed by atoms with van der Waals surface area (Å²) in [6.07, 6.45) is 0.193. The average molecular weight is 255 g/mol. The normalized spacial score (nSPS) is 26.7. The summed E-state index contributed by atoms with van der Waals surface area (Å²) in [7, 11) is 2.06. The van der Waals surface area contributed by atoms with Gasteiger partial charge in [0.25, 0.3) is 0 Å². The van der Waals surface area contributed by atoms with E-state index < -0.39 is 6.04 Å². The lowest BCUT2D eigenvalue weighted by atomic mass is 10.1. The molecule has 2 heterocycles. The summed E-state index contributed by atoms with van der Waals surface area (Å²) in [5.74, 6) is -0.191. The van der Waals surface area contributed by atoms with Gasteiger partial charge in [0.2, 0.25) is 11.8 Å². The number of likely N-dealkylation sites (N-methyl/N-ethyl adjacent to an activating group) is 1. The minimum Gasteiger partial charge on any atom is -0.353 e. The van der Waals surface area contributed by atoms with Gasteiger partial charge in [0.15, 0.2) is 0 Å². The van der Waals surface area contributed by atoms with E-state index in [2.05, 4.69) is 28.0 Å². The standard InChI is InChI=1S/C11H21N5O2/c1-15-4-6-16(7-5-15)14-10(17)8-9-11(18)13-3-2-12-9/h9,12H,2-8H2,1H3,(H,13,18)(H,14,17)/t9-/m0/s1. The summed E-state index contributed by atoms with van der Waals surface area (Å²) in [4.78, 5) is 25.5. The molecule has 0 aromatic heterocycles. The predicted octanol–water partition coefficient (Wildman–Crippen LogP) is -2.26. The summed E-state index contributed by atoms with van der Waals surface area (Å²) in [6.45, 7) is 4.90. The van der Waals surface area contributed by atoms with Gasteiger partial charge in [0.1, 0.15) is 0 Å². The largest absolute Gasteiger partial charge is 0.353 e. The molecule has 2 saturated heterocycles. The van der Waals surface area contributed by atoms with Crippen LogP contribution in [0.3, 0.4) is 0 Å². The molecule has 18 heavy (non-hydrogen) atoms. The molecule has 2 amide bonds. The fourth-order valence-electron chi connectivity index (χ4n) is 2.14. The maximum atomic E-state index is 11.8. The van der Waals surface area contributed by atoms with Crippen LogP contribution < -0.4 is 16.1 Å². The zero-order valence-electron chi connectivity index (χ0n) is 10.7. The number of carbonyl (C=O) groups excluding carboxylic acids is 2. The van der Waals surface area contributed by atoms with Crippen molar-refractivity contribution in [3.05, 3.63) is 0 Å². The van der Waals surface area contributed by atoms with Gasteiger partial charge in [-0.2, -0.15) is 0 Å².